The summed E-state index contributed by atoms with van der Waals surface area (Å²) in [7, 11) is 0. The molecule has 1 aromatic rings. The molecule has 88 valence electrons. The van der Waals surface area contributed by atoms with Crippen LogP contribution in [-0.4, -0.2) is 0 Å². The van der Waals surface area contributed by atoms with Gasteiger partial charge >= 0.3 is 0 Å². The van der Waals surface area contributed by atoms with Gasteiger partial charge in [-0.25, -0.2) is 0 Å². The molecule has 0 bridgehead atoms. The van der Waals surface area contributed by atoms with Crippen LogP contribution in [0.5, 0.6) is 0 Å². The standard InChI is InChI=1S/C13H18BrNS/c14-12-8-16-7-11(12)13(15)5-1-2-10(6-13)9-3-4-9/h7-10H,1-6,15H2. The van der Waals surface area contributed by atoms with Gasteiger partial charge in [0, 0.05) is 15.4 Å². The maximum atomic E-state index is 6.66. The summed E-state index contributed by atoms with van der Waals surface area (Å²) in [6, 6.07) is 0. The second kappa shape index (κ2) is 4.11. The molecule has 0 spiro atoms. The Labute approximate surface area is 110 Å². The first-order valence-corrected chi connectivity index (χ1v) is 7.94. The van der Waals surface area contributed by atoms with Crippen LogP contribution in [0.3, 0.4) is 0 Å². The first kappa shape index (κ1) is 11.2. The van der Waals surface area contributed by atoms with E-state index in [2.05, 4.69) is 26.7 Å². The van der Waals surface area contributed by atoms with E-state index in [4.69, 9.17) is 5.73 Å². The van der Waals surface area contributed by atoms with Crippen molar-refractivity contribution in [3.8, 4) is 0 Å². The Kier molecular flexibility index (Phi) is 2.89. The summed E-state index contributed by atoms with van der Waals surface area (Å²) in [5.41, 5.74) is 7.96. The van der Waals surface area contributed by atoms with Crippen LogP contribution in [0.15, 0.2) is 15.2 Å². The minimum atomic E-state index is -0.0513. The van der Waals surface area contributed by atoms with E-state index in [9.17, 15) is 0 Å². The molecule has 2 aliphatic rings. The van der Waals surface area contributed by atoms with Crippen molar-refractivity contribution in [1.29, 1.82) is 0 Å². The van der Waals surface area contributed by atoms with Crippen molar-refractivity contribution in [1.82, 2.24) is 0 Å². The van der Waals surface area contributed by atoms with Crippen molar-refractivity contribution in [2.45, 2.75) is 44.1 Å². The van der Waals surface area contributed by atoms with Gasteiger partial charge < -0.3 is 5.73 Å². The van der Waals surface area contributed by atoms with E-state index >= 15 is 0 Å². The van der Waals surface area contributed by atoms with Crippen molar-refractivity contribution >= 4 is 27.3 Å². The van der Waals surface area contributed by atoms with Gasteiger partial charge in [0.2, 0.25) is 0 Å². The zero-order valence-electron chi connectivity index (χ0n) is 9.42. The monoisotopic (exact) mass is 299 g/mol. The fourth-order valence-electron chi connectivity index (χ4n) is 3.20. The lowest BCUT2D eigenvalue weighted by Gasteiger charge is -2.38. The Hall–Kier alpha value is 0.140. The Morgan fingerprint density at radius 1 is 1.25 bits per heavy atom. The maximum absolute atomic E-state index is 6.66. The Morgan fingerprint density at radius 2 is 2.06 bits per heavy atom. The average Bonchev–Trinajstić information content (AvgIpc) is 3.01. The quantitative estimate of drug-likeness (QED) is 0.867. The molecule has 1 heterocycles. The van der Waals surface area contributed by atoms with Gasteiger partial charge in [-0.3, -0.25) is 0 Å². The topological polar surface area (TPSA) is 26.0 Å². The minimum absolute atomic E-state index is 0.0513. The molecule has 2 fully saturated rings. The molecule has 16 heavy (non-hydrogen) atoms. The first-order chi connectivity index (χ1) is 7.69. The number of nitrogens with two attached hydrogens (primary N) is 1. The maximum Gasteiger partial charge on any atom is 0.0431 e. The van der Waals surface area contributed by atoms with E-state index in [0.717, 1.165) is 18.3 Å². The lowest BCUT2D eigenvalue weighted by molar-refractivity contribution is 0.206. The molecular formula is C13H18BrNS. The van der Waals surface area contributed by atoms with E-state index in [1.54, 1.807) is 11.3 Å². The predicted molar refractivity (Wildman–Crippen MR) is 72.6 cm³/mol. The zero-order valence-corrected chi connectivity index (χ0v) is 11.8. The highest BCUT2D eigenvalue weighted by Crippen LogP contribution is 2.49. The van der Waals surface area contributed by atoms with Crippen LogP contribution in [-0.2, 0) is 5.54 Å². The van der Waals surface area contributed by atoms with Gasteiger partial charge in [-0.05, 0) is 64.4 Å². The molecule has 2 aliphatic carbocycles. The Balaban J connectivity index is 1.83. The van der Waals surface area contributed by atoms with Gasteiger partial charge in [-0.15, -0.1) is 0 Å². The highest BCUT2D eigenvalue weighted by molar-refractivity contribution is 9.10. The fourth-order valence-corrected chi connectivity index (χ4v) is 5.00. The summed E-state index contributed by atoms with van der Waals surface area (Å²) >= 11 is 5.40. The smallest absolute Gasteiger partial charge is 0.0431 e. The fraction of sp³-hybridized carbons (Fsp3) is 0.692. The van der Waals surface area contributed by atoms with Crippen molar-refractivity contribution < 1.29 is 0 Å². The number of hydrogen-bond acceptors (Lipinski definition) is 2. The van der Waals surface area contributed by atoms with E-state index in [1.807, 2.05) is 0 Å². The molecule has 2 saturated carbocycles. The molecule has 2 unspecified atom stereocenters. The second-order valence-corrected chi connectivity index (χ2v) is 7.08. The molecule has 0 aliphatic heterocycles. The number of rotatable bonds is 2. The third-order valence-electron chi connectivity index (χ3n) is 4.26. The lowest BCUT2D eigenvalue weighted by atomic mass is 9.72. The van der Waals surface area contributed by atoms with E-state index in [-0.39, 0.29) is 5.54 Å². The molecule has 2 atom stereocenters. The molecule has 1 aromatic heterocycles. The average molecular weight is 300 g/mol. The highest BCUT2D eigenvalue weighted by atomic mass is 79.9. The summed E-state index contributed by atoms with van der Waals surface area (Å²) in [5, 5.41) is 4.39. The summed E-state index contributed by atoms with van der Waals surface area (Å²) < 4.78 is 1.22. The van der Waals surface area contributed by atoms with Crippen LogP contribution < -0.4 is 5.73 Å². The highest BCUT2D eigenvalue weighted by Gasteiger charge is 2.41. The molecule has 0 radical (unpaired) electrons. The van der Waals surface area contributed by atoms with Crippen LogP contribution in [0, 0.1) is 11.8 Å². The first-order valence-electron chi connectivity index (χ1n) is 6.20. The van der Waals surface area contributed by atoms with E-state index in [1.165, 1.54) is 42.1 Å². The van der Waals surface area contributed by atoms with Gasteiger partial charge in [0.05, 0.1) is 0 Å². The number of halogens is 1. The molecule has 2 N–H and O–H groups in total. The van der Waals surface area contributed by atoms with Gasteiger partial charge in [0.25, 0.3) is 0 Å². The summed E-state index contributed by atoms with van der Waals surface area (Å²) in [6.45, 7) is 0. The van der Waals surface area contributed by atoms with Crippen LogP contribution in [0.1, 0.15) is 44.1 Å². The van der Waals surface area contributed by atoms with Gasteiger partial charge in [0.15, 0.2) is 0 Å². The third-order valence-corrected chi connectivity index (χ3v) is 5.97. The predicted octanol–water partition coefficient (Wildman–Crippen LogP) is 4.26. The van der Waals surface area contributed by atoms with Crippen molar-refractivity contribution in [3.05, 3.63) is 20.8 Å². The number of hydrogen-bond donors (Lipinski definition) is 1. The Bertz CT molecular complexity index is 385. The van der Waals surface area contributed by atoms with Crippen molar-refractivity contribution in [2.75, 3.05) is 0 Å². The van der Waals surface area contributed by atoms with Crippen molar-refractivity contribution in [2.24, 2.45) is 17.6 Å². The zero-order chi connectivity index (χ0) is 11.2. The largest absolute Gasteiger partial charge is 0.321 e. The van der Waals surface area contributed by atoms with Gasteiger partial charge in [0.1, 0.15) is 0 Å². The molecular weight excluding hydrogens is 282 g/mol. The summed E-state index contributed by atoms with van der Waals surface area (Å²) in [5.74, 6) is 1.89. The molecule has 3 rings (SSSR count). The second-order valence-electron chi connectivity index (χ2n) is 5.48. The van der Waals surface area contributed by atoms with Crippen LogP contribution in [0.4, 0.5) is 0 Å². The molecule has 0 amide bonds. The molecule has 0 saturated heterocycles. The van der Waals surface area contributed by atoms with Crippen LogP contribution in [0.2, 0.25) is 0 Å². The van der Waals surface area contributed by atoms with Crippen LogP contribution >= 0.6 is 27.3 Å². The normalized spacial score (nSPS) is 35.2. The molecule has 1 nitrogen and oxygen atoms in total. The minimum Gasteiger partial charge on any atom is -0.321 e. The Morgan fingerprint density at radius 3 is 2.69 bits per heavy atom. The third kappa shape index (κ3) is 1.98. The molecule has 0 aromatic carbocycles. The summed E-state index contributed by atoms with van der Waals surface area (Å²) in [4.78, 5) is 0. The SMILES string of the molecule is NC1(c2cscc2Br)CCCC(C2CC2)C1. The van der Waals surface area contributed by atoms with Gasteiger partial charge in [-0.2, -0.15) is 11.3 Å². The lowest BCUT2D eigenvalue weighted by Crippen LogP contribution is -2.41. The van der Waals surface area contributed by atoms with E-state index in [0.29, 0.717) is 0 Å². The number of thiophene rings is 1. The molecule has 3 heteroatoms. The van der Waals surface area contributed by atoms with Crippen molar-refractivity contribution in [3.63, 3.8) is 0 Å². The van der Waals surface area contributed by atoms with Gasteiger partial charge in [-0.1, -0.05) is 12.8 Å². The van der Waals surface area contributed by atoms with E-state index < -0.39 is 0 Å². The van der Waals surface area contributed by atoms with Crippen LogP contribution in [0.25, 0.3) is 0 Å². The summed E-state index contributed by atoms with van der Waals surface area (Å²) in [6.07, 6.45) is 7.97.